The van der Waals surface area contributed by atoms with Crippen LogP contribution in [0.1, 0.15) is 109 Å². The van der Waals surface area contributed by atoms with E-state index in [4.69, 9.17) is 16.5 Å². The first-order valence-corrected chi connectivity index (χ1v) is 12.0. The number of hydrogen-bond acceptors (Lipinski definition) is 6. The van der Waals surface area contributed by atoms with Gasteiger partial charge in [0.15, 0.2) is 0 Å². The molecular formula is C23H41N7. The van der Waals surface area contributed by atoms with Crippen molar-refractivity contribution in [2.24, 2.45) is 0 Å². The summed E-state index contributed by atoms with van der Waals surface area (Å²) >= 11 is 0. The highest BCUT2D eigenvalue weighted by molar-refractivity contribution is 5.32. The molecule has 30 heavy (non-hydrogen) atoms. The van der Waals surface area contributed by atoms with Crippen molar-refractivity contribution in [2.45, 2.75) is 110 Å². The van der Waals surface area contributed by atoms with Gasteiger partial charge in [-0.25, -0.2) is 4.98 Å². The van der Waals surface area contributed by atoms with Crippen LogP contribution in [0.4, 0.5) is 11.9 Å². The van der Waals surface area contributed by atoms with Crippen LogP contribution in [-0.2, 0) is 12.8 Å². The average Bonchev–Trinajstić information content (AvgIpc) is 3.12. The van der Waals surface area contributed by atoms with E-state index in [9.17, 15) is 0 Å². The normalized spacial score (nSPS) is 11.3. The van der Waals surface area contributed by atoms with Crippen molar-refractivity contribution in [3.8, 4) is 5.95 Å². The van der Waals surface area contributed by atoms with Gasteiger partial charge in [-0.05, 0) is 19.3 Å². The number of nitrogens with zero attached hydrogens (tertiary/aromatic N) is 5. The van der Waals surface area contributed by atoms with Crippen LogP contribution < -0.4 is 11.5 Å². The van der Waals surface area contributed by atoms with E-state index < -0.39 is 0 Å². The second-order valence-corrected chi connectivity index (χ2v) is 8.26. The van der Waals surface area contributed by atoms with E-state index in [-0.39, 0.29) is 11.9 Å². The quantitative estimate of drug-likeness (QED) is 0.354. The topological polar surface area (TPSA) is 109 Å². The second-order valence-electron chi connectivity index (χ2n) is 8.26. The van der Waals surface area contributed by atoms with E-state index in [0.29, 0.717) is 5.95 Å². The Morgan fingerprint density at radius 3 is 1.73 bits per heavy atom. The lowest BCUT2D eigenvalue weighted by molar-refractivity contribution is 0.560. The molecule has 0 atom stereocenters. The summed E-state index contributed by atoms with van der Waals surface area (Å²) in [5.74, 6) is 1.75. The van der Waals surface area contributed by atoms with Crippen LogP contribution in [0.2, 0.25) is 0 Å². The van der Waals surface area contributed by atoms with Crippen molar-refractivity contribution in [3.05, 3.63) is 17.7 Å². The minimum Gasteiger partial charge on any atom is -0.368 e. The van der Waals surface area contributed by atoms with Gasteiger partial charge in [0.2, 0.25) is 17.8 Å². The fraction of sp³-hybridized carbons (Fsp3) is 0.739. The van der Waals surface area contributed by atoms with Gasteiger partial charge >= 0.3 is 0 Å². The number of aryl methyl sites for hydroxylation is 2. The minimum atomic E-state index is 0.143. The maximum Gasteiger partial charge on any atom is 0.241 e. The third kappa shape index (κ3) is 8.67. The van der Waals surface area contributed by atoms with Gasteiger partial charge in [-0.2, -0.15) is 15.0 Å². The lowest BCUT2D eigenvalue weighted by Gasteiger charge is -2.07. The van der Waals surface area contributed by atoms with Crippen molar-refractivity contribution in [1.82, 2.24) is 24.5 Å². The molecule has 2 heterocycles. The van der Waals surface area contributed by atoms with E-state index in [1.54, 1.807) is 0 Å². The number of unbranched alkanes of at least 4 members (excludes halogenated alkanes) is 11. The number of imidazole rings is 1. The highest BCUT2D eigenvalue weighted by atomic mass is 15.3. The fourth-order valence-corrected chi connectivity index (χ4v) is 3.77. The van der Waals surface area contributed by atoms with Crippen molar-refractivity contribution in [2.75, 3.05) is 11.5 Å². The number of rotatable bonds is 16. The van der Waals surface area contributed by atoms with Crippen molar-refractivity contribution in [1.29, 1.82) is 0 Å². The highest BCUT2D eigenvalue weighted by Gasteiger charge is 2.13. The van der Waals surface area contributed by atoms with E-state index >= 15 is 0 Å². The maximum absolute atomic E-state index is 5.79. The summed E-state index contributed by atoms with van der Waals surface area (Å²) in [6, 6.07) is 0. The van der Waals surface area contributed by atoms with Gasteiger partial charge in [-0.1, -0.05) is 84.5 Å². The Labute approximate surface area is 182 Å². The fourth-order valence-electron chi connectivity index (χ4n) is 3.77. The Morgan fingerprint density at radius 2 is 1.13 bits per heavy atom. The zero-order valence-electron chi connectivity index (χ0n) is 19.1. The van der Waals surface area contributed by atoms with Gasteiger partial charge in [0.1, 0.15) is 5.82 Å². The SMILES string of the molecule is CCCCCCCCCCCc1nc(CCCCCC)cn1-c1nc(N)nc(N)n1. The summed E-state index contributed by atoms with van der Waals surface area (Å²) in [4.78, 5) is 17.3. The molecular weight excluding hydrogens is 374 g/mol. The van der Waals surface area contributed by atoms with Crippen LogP contribution in [0.3, 0.4) is 0 Å². The molecule has 0 unspecified atom stereocenters. The van der Waals surface area contributed by atoms with Gasteiger partial charge in [-0.15, -0.1) is 0 Å². The van der Waals surface area contributed by atoms with E-state index in [1.165, 1.54) is 70.6 Å². The molecule has 0 saturated heterocycles. The molecule has 0 saturated carbocycles. The minimum absolute atomic E-state index is 0.143. The van der Waals surface area contributed by atoms with Gasteiger partial charge < -0.3 is 11.5 Å². The average molecular weight is 416 g/mol. The van der Waals surface area contributed by atoms with Gasteiger partial charge in [0.25, 0.3) is 0 Å². The molecule has 0 aromatic carbocycles. The molecule has 0 spiro atoms. The van der Waals surface area contributed by atoms with Crippen molar-refractivity contribution in [3.63, 3.8) is 0 Å². The van der Waals surface area contributed by atoms with Crippen molar-refractivity contribution >= 4 is 11.9 Å². The van der Waals surface area contributed by atoms with Crippen LogP contribution in [0.25, 0.3) is 5.95 Å². The molecule has 2 aromatic rings. The molecule has 0 fully saturated rings. The first-order valence-electron chi connectivity index (χ1n) is 12.0. The van der Waals surface area contributed by atoms with E-state index in [1.807, 2.05) is 10.8 Å². The molecule has 2 aromatic heterocycles. The van der Waals surface area contributed by atoms with Gasteiger partial charge in [0.05, 0.1) is 5.69 Å². The summed E-state index contributed by atoms with van der Waals surface area (Å²) in [7, 11) is 0. The van der Waals surface area contributed by atoms with E-state index in [2.05, 4.69) is 28.8 Å². The Hall–Kier alpha value is -2.18. The summed E-state index contributed by atoms with van der Waals surface area (Å²) in [6.45, 7) is 4.49. The second kappa shape index (κ2) is 13.9. The molecule has 7 nitrogen and oxygen atoms in total. The third-order valence-corrected chi connectivity index (χ3v) is 5.49. The smallest absolute Gasteiger partial charge is 0.241 e. The Kier molecular flexibility index (Phi) is 11.2. The number of hydrogen-bond donors (Lipinski definition) is 2. The number of anilines is 2. The zero-order chi connectivity index (χ0) is 21.6. The first-order chi connectivity index (χ1) is 14.6. The summed E-state index contributed by atoms with van der Waals surface area (Å²) < 4.78 is 1.95. The third-order valence-electron chi connectivity index (χ3n) is 5.49. The predicted molar refractivity (Wildman–Crippen MR) is 125 cm³/mol. The lowest BCUT2D eigenvalue weighted by atomic mass is 10.1. The molecule has 2 rings (SSSR count). The molecule has 0 radical (unpaired) electrons. The standard InChI is InChI=1S/C23H41N7/c1-3-5-7-9-10-11-12-13-15-17-20-26-19(16-14-8-6-4-2)18-30(20)23-28-21(24)27-22(25)29-23/h18H,3-17H2,1-2H3,(H4,24,25,27,28,29). The van der Waals surface area contributed by atoms with Crippen LogP contribution in [-0.4, -0.2) is 24.5 Å². The predicted octanol–water partition coefficient (Wildman–Crippen LogP) is 5.42. The lowest BCUT2D eigenvalue weighted by Crippen LogP contribution is -2.10. The molecule has 0 aliphatic rings. The first kappa shape index (κ1) is 24.1. The van der Waals surface area contributed by atoms with Crippen LogP contribution in [0, 0.1) is 0 Å². The van der Waals surface area contributed by atoms with E-state index in [0.717, 1.165) is 37.2 Å². The Morgan fingerprint density at radius 1 is 0.633 bits per heavy atom. The molecule has 0 bridgehead atoms. The molecule has 0 aliphatic carbocycles. The molecule has 0 amide bonds. The molecule has 0 aliphatic heterocycles. The van der Waals surface area contributed by atoms with Crippen LogP contribution >= 0.6 is 0 Å². The maximum atomic E-state index is 5.79. The summed E-state index contributed by atoms with van der Waals surface area (Å²) in [5, 5.41) is 0. The molecule has 168 valence electrons. The van der Waals surface area contributed by atoms with Crippen LogP contribution in [0.15, 0.2) is 6.20 Å². The van der Waals surface area contributed by atoms with Crippen LogP contribution in [0.5, 0.6) is 0 Å². The highest BCUT2D eigenvalue weighted by Crippen LogP contribution is 2.17. The number of nitrogens with two attached hydrogens (primary N) is 2. The zero-order valence-corrected chi connectivity index (χ0v) is 19.1. The van der Waals surface area contributed by atoms with Gasteiger partial charge in [-0.3, -0.25) is 4.57 Å². The molecule has 4 N–H and O–H groups in total. The largest absolute Gasteiger partial charge is 0.368 e. The Balaban J connectivity index is 1.92. The monoisotopic (exact) mass is 415 g/mol. The van der Waals surface area contributed by atoms with Gasteiger partial charge in [0, 0.05) is 12.6 Å². The molecule has 7 heteroatoms. The number of nitrogen functional groups attached to an aromatic ring is 2. The summed E-state index contributed by atoms with van der Waals surface area (Å²) in [5.41, 5.74) is 12.7. The Bertz CT molecular complexity index is 706. The van der Waals surface area contributed by atoms with Crippen molar-refractivity contribution < 1.29 is 0 Å². The number of aromatic nitrogens is 5. The summed E-state index contributed by atoms with van der Waals surface area (Å²) in [6.07, 6.45) is 20.6.